The van der Waals surface area contributed by atoms with Crippen LogP contribution in [-0.2, 0) is 38.3 Å². The van der Waals surface area contributed by atoms with Crippen LogP contribution in [0.5, 0.6) is 11.5 Å². The van der Waals surface area contributed by atoms with E-state index in [1.165, 1.54) is 0 Å². The van der Waals surface area contributed by atoms with Crippen molar-refractivity contribution < 1.29 is 33.1 Å². The van der Waals surface area contributed by atoms with Crippen LogP contribution < -0.4 is 14.6 Å². The fourth-order valence-electron chi connectivity index (χ4n) is 5.18. The molecule has 236 valence electrons. The lowest BCUT2D eigenvalue weighted by Gasteiger charge is -2.24. The highest BCUT2D eigenvalue weighted by Gasteiger charge is 2.33. The Hall–Kier alpha value is -2.87. The Morgan fingerprint density at radius 3 is 2.47 bits per heavy atom. The molecule has 1 N–H and O–H groups in total. The highest BCUT2D eigenvalue weighted by Crippen LogP contribution is 2.44. The predicted molar refractivity (Wildman–Crippen MR) is 174 cm³/mol. The zero-order valence-corrected chi connectivity index (χ0v) is 28.9. The first-order chi connectivity index (χ1) is 20.3. The van der Waals surface area contributed by atoms with Crippen LogP contribution in [0.25, 0.3) is 0 Å². The van der Waals surface area contributed by atoms with Gasteiger partial charge < -0.3 is 23.5 Å². The molecule has 0 aromatic heterocycles. The van der Waals surface area contributed by atoms with E-state index < -0.39 is 27.4 Å². The van der Waals surface area contributed by atoms with E-state index in [1.54, 1.807) is 26.0 Å². The van der Waals surface area contributed by atoms with Gasteiger partial charge in [0.2, 0.25) is 0 Å². The third kappa shape index (κ3) is 9.56. The smallest absolute Gasteiger partial charge is 0.342 e. The number of benzene rings is 2. The number of ether oxygens (including phenoxy) is 4. The van der Waals surface area contributed by atoms with Gasteiger partial charge in [0.1, 0.15) is 29.7 Å². The number of fused-ring (bicyclic) bond motifs is 1. The second-order valence-electron chi connectivity index (χ2n) is 12.3. The monoisotopic (exact) mass is 629 g/mol. The van der Waals surface area contributed by atoms with E-state index in [9.17, 15) is 14.2 Å². The van der Waals surface area contributed by atoms with Crippen molar-refractivity contribution >= 4 is 27.3 Å². The van der Waals surface area contributed by atoms with Gasteiger partial charge in [0.25, 0.3) is 0 Å². The van der Waals surface area contributed by atoms with E-state index in [0.29, 0.717) is 30.1 Å². The highest BCUT2D eigenvalue weighted by molar-refractivity contribution is 7.62. The van der Waals surface area contributed by atoms with Gasteiger partial charge in [-0.1, -0.05) is 56.4 Å². The molecule has 1 aliphatic rings. The normalized spacial score (nSPS) is 15.3. The van der Waals surface area contributed by atoms with E-state index in [-0.39, 0.29) is 31.7 Å². The number of cyclic esters (lactones) is 1. The average molecular weight is 630 g/mol. The van der Waals surface area contributed by atoms with Gasteiger partial charge in [0.05, 0.1) is 13.2 Å². The lowest BCUT2D eigenvalue weighted by atomic mass is 9.89. The van der Waals surface area contributed by atoms with E-state index >= 15 is 0 Å². The average Bonchev–Trinajstić information content (AvgIpc) is 3.33. The zero-order valence-electron chi connectivity index (χ0n) is 27.0. The second-order valence-corrected chi connectivity index (χ2v) is 20.6. The number of nitrogens with one attached hydrogen (secondary N) is 1. The first-order valence-electron chi connectivity index (χ1n) is 15.1. The van der Waals surface area contributed by atoms with E-state index in [1.807, 2.05) is 38.1 Å². The number of carbonyl (C=O) groups is 2. The van der Waals surface area contributed by atoms with E-state index in [2.05, 4.69) is 31.7 Å². The van der Waals surface area contributed by atoms with Gasteiger partial charge in [-0.3, -0.25) is 9.88 Å². The summed E-state index contributed by atoms with van der Waals surface area (Å²) in [6, 6.07) is 9.40. The number of para-hydroxylation sites is 1. The molecule has 1 heterocycles. The summed E-state index contributed by atoms with van der Waals surface area (Å²) in [6.07, 6.45) is 3.44. The molecule has 8 nitrogen and oxygen atoms in total. The van der Waals surface area contributed by atoms with Gasteiger partial charge in [-0.25, -0.2) is 4.79 Å². The van der Waals surface area contributed by atoms with Gasteiger partial charge in [0.15, 0.2) is 13.6 Å². The Labute approximate surface area is 258 Å². The minimum absolute atomic E-state index is 0.0823. The molecular formula is C33H48NO7PSi. The van der Waals surface area contributed by atoms with Crippen LogP contribution in [0.3, 0.4) is 0 Å². The van der Waals surface area contributed by atoms with Gasteiger partial charge in [-0.2, -0.15) is 0 Å². The molecule has 1 aliphatic heterocycles. The molecule has 0 saturated carbocycles. The summed E-state index contributed by atoms with van der Waals surface area (Å²) in [4.78, 5) is 25.3. The van der Waals surface area contributed by atoms with Crippen molar-refractivity contribution in [3.63, 3.8) is 0 Å². The van der Waals surface area contributed by atoms with Crippen molar-refractivity contribution in [1.82, 2.24) is 5.09 Å². The molecule has 2 aromatic rings. The number of allylic oxidation sites excluding steroid dienone is 2. The van der Waals surface area contributed by atoms with Crippen LogP contribution in [0.4, 0.5) is 0 Å². The molecule has 1 unspecified atom stereocenters. The molecule has 0 amide bonds. The van der Waals surface area contributed by atoms with Crippen LogP contribution >= 0.6 is 7.29 Å². The van der Waals surface area contributed by atoms with E-state index in [0.717, 1.165) is 40.3 Å². The summed E-state index contributed by atoms with van der Waals surface area (Å²) in [7, 11) is -4.60. The van der Waals surface area contributed by atoms with Crippen molar-refractivity contribution in [2.24, 2.45) is 0 Å². The standard InChI is InChI=1S/C33H48NO7PSi/c1-9-27-24(4)29-20-40-33(36)30(29)31(39-18-19-43(6,7)8)28(27)17-16-23(3)21-42(37,34-25(5)32(35)38-10-2)22-41-26-14-12-11-13-15-26/h11-16,25H,9-10,17-22H2,1-8H3,(H,34,37)/b23-16+/t25-,42?/m0/s1. The van der Waals surface area contributed by atoms with Crippen LogP contribution in [0.2, 0.25) is 25.7 Å². The molecule has 0 saturated heterocycles. The molecule has 0 aliphatic carbocycles. The fraction of sp³-hybridized carbons (Fsp3) is 0.515. The largest absolute Gasteiger partial charge is 0.493 e. The lowest BCUT2D eigenvalue weighted by Crippen LogP contribution is -2.35. The van der Waals surface area contributed by atoms with Crippen molar-refractivity contribution in [3.05, 3.63) is 69.8 Å². The number of hydrogen-bond acceptors (Lipinski definition) is 7. The molecule has 0 radical (unpaired) electrons. The molecule has 0 bridgehead atoms. The lowest BCUT2D eigenvalue weighted by molar-refractivity contribution is -0.144. The van der Waals surface area contributed by atoms with Crippen molar-refractivity contribution in [2.45, 2.75) is 85.8 Å². The predicted octanol–water partition coefficient (Wildman–Crippen LogP) is 7.29. The summed E-state index contributed by atoms with van der Waals surface area (Å²) < 4.78 is 37.2. The Kier molecular flexibility index (Phi) is 12.3. The number of rotatable bonds is 16. The maximum absolute atomic E-state index is 14.2. The summed E-state index contributed by atoms with van der Waals surface area (Å²) in [6.45, 7) is 17.4. The topological polar surface area (TPSA) is 100 Å². The van der Waals surface area contributed by atoms with Crippen molar-refractivity contribution in [1.29, 1.82) is 0 Å². The third-order valence-corrected chi connectivity index (χ3v) is 11.6. The SMILES string of the molecule is CCOC(=O)[C@H](C)NP(=O)(COc1ccccc1)C/C(C)=C/Cc1c(CC)c(C)c2c(c1OCC[Si](C)(C)C)C(=O)OC2. The second kappa shape index (κ2) is 15.2. The maximum Gasteiger partial charge on any atom is 0.342 e. The van der Waals surface area contributed by atoms with Crippen LogP contribution in [0, 0.1) is 6.92 Å². The Morgan fingerprint density at radius 1 is 1.14 bits per heavy atom. The Balaban J connectivity index is 1.92. The minimum atomic E-state index is -3.24. The zero-order chi connectivity index (χ0) is 31.8. The van der Waals surface area contributed by atoms with Crippen LogP contribution in [-0.4, -0.2) is 51.8 Å². The quantitative estimate of drug-likeness (QED) is 0.0895. The maximum atomic E-state index is 14.2. The highest BCUT2D eigenvalue weighted by atomic mass is 31.2. The molecule has 3 rings (SSSR count). The van der Waals surface area contributed by atoms with Crippen molar-refractivity contribution in [3.8, 4) is 11.5 Å². The molecule has 0 fully saturated rings. The molecule has 43 heavy (non-hydrogen) atoms. The van der Waals surface area contributed by atoms with Gasteiger partial charge in [0, 0.05) is 25.4 Å². The van der Waals surface area contributed by atoms with Gasteiger partial charge in [-0.15, -0.1) is 0 Å². The summed E-state index contributed by atoms with van der Waals surface area (Å²) in [5, 5.41) is 3.04. The first-order valence-corrected chi connectivity index (χ1v) is 20.9. The molecular weight excluding hydrogens is 581 g/mol. The molecule has 10 heteroatoms. The first kappa shape index (κ1) is 34.6. The molecule has 0 spiro atoms. The van der Waals surface area contributed by atoms with Crippen LogP contribution in [0.1, 0.15) is 60.3 Å². The van der Waals surface area contributed by atoms with Crippen molar-refractivity contribution in [2.75, 3.05) is 25.7 Å². The summed E-state index contributed by atoms with van der Waals surface area (Å²) in [5.74, 6) is 0.415. The Bertz CT molecular complexity index is 1370. The number of esters is 2. The third-order valence-electron chi connectivity index (χ3n) is 7.49. The van der Waals surface area contributed by atoms with Crippen LogP contribution in [0.15, 0.2) is 42.0 Å². The summed E-state index contributed by atoms with van der Waals surface area (Å²) >= 11 is 0. The number of hydrogen-bond donors (Lipinski definition) is 1. The fourth-order valence-corrected chi connectivity index (χ4v) is 8.26. The molecule has 2 atom stereocenters. The van der Waals surface area contributed by atoms with E-state index in [4.69, 9.17) is 18.9 Å². The number of carbonyl (C=O) groups excluding carboxylic acids is 2. The molecule has 2 aromatic carbocycles. The van der Waals surface area contributed by atoms with Gasteiger partial charge >= 0.3 is 11.9 Å². The van der Waals surface area contributed by atoms with Gasteiger partial charge in [-0.05, 0) is 69.8 Å². The summed E-state index contributed by atoms with van der Waals surface area (Å²) in [5.41, 5.74) is 5.50. The minimum Gasteiger partial charge on any atom is -0.493 e. The Morgan fingerprint density at radius 2 is 1.84 bits per heavy atom.